The summed E-state index contributed by atoms with van der Waals surface area (Å²) < 4.78 is 10.4. The first-order chi connectivity index (χ1) is 9.43. The maximum absolute atomic E-state index is 11.6. The van der Waals surface area contributed by atoms with Crippen LogP contribution in [-0.2, 0) is 9.47 Å². The van der Waals surface area contributed by atoms with Crippen molar-refractivity contribution in [2.45, 2.75) is 19.8 Å². The first-order valence-electron chi connectivity index (χ1n) is 5.71. The third kappa shape index (κ3) is 3.71. The van der Waals surface area contributed by atoms with E-state index in [9.17, 15) is 9.59 Å². The Balaban J connectivity index is 2.96. The second kappa shape index (κ2) is 7.61. The van der Waals surface area contributed by atoms with Crippen LogP contribution in [0.3, 0.4) is 0 Å². The number of hydrogen-bond donors (Lipinski definition) is 1. The van der Waals surface area contributed by atoms with Gasteiger partial charge in [0.15, 0.2) is 5.69 Å². The van der Waals surface area contributed by atoms with E-state index in [0.717, 1.165) is 24.6 Å². The molecule has 0 aliphatic heterocycles. The zero-order valence-corrected chi connectivity index (χ0v) is 13.1. The lowest BCUT2D eigenvalue weighted by molar-refractivity contribution is 0.0590. The molecule has 112 valence electrons. The number of carbonyl (C=O) groups excluding carboxylic acids is 2. The molecule has 0 aliphatic carbocycles. The molecule has 0 atom stereocenters. The van der Waals surface area contributed by atoms with E-state index >= 15 is 0 Å². The van der Waals surface area contributed by atoms with Crippen LogP contribution in [0.2, 0.25) is 15.2 Å². The SMILES string of the molecule is CCCCOC(=O)Nn1c(Cl)c(Cl)c(Cl)c1C(=O)OC. The van der Waals surface area contributed by atoms with Gasteiger partial charge in [-0.2, -0.15) is 0 Å². The molecule has 1 rings (SSSR count). The first kappa shape index (κ1) is 16.9. The van der Waals surface area contributed by atoms with Gasteiger partial charge in [-0.3, -0.25) is 0 Å². The lowest BCUT2D eigenvalue weighted by Crippen LogP contribution is -2.27. The third-order valence-electron chi connectivity index (χ3n) is 2.31. The number of hydrogen-bond acceptors (Lipinski definition) is 4. The Morgan fingerprint density at radius 3 is 2.45 bits per heavy atom. The van der Waals surface area contributed by atoms with Crippen LogP contribution in [0, 0.1) is 0 Å². The number of carbonyl (C=O) groups is 2. The number of nitrogens with one attached hydrogen (secondary N) is 1. The Bertz CT molecular complexity index is 516. The molecule has 0 bridgehead atoms. The Labute approximate surface area is 130 Å². The summed E-state index contributed by atoms with van der Waals surface area (Å²) in [5.41, 5.74) is 2.08. The van der Waals surface area contributed by atoms with Crippen molar-refractivity contribution in [3.63, 3.8) is 0 Å². The van der Waals surface area contributed by atoms with Crippen molar-refractivity contribution in [1.82, 2.24) is 4.68 Å². The molecule has 0 saturated heterocycles. The number of aromatic nitrogens is 1. The highest BCUT2D eigenvalue weighted by Gasteiger charge is 2.26. The minimum atomic E-state index is -0.794. The highest BCUT2D eigenvalue weighted by molar-refractivity contribution is 6.49. The number of amides is 1. The fourth-order valence-corrected chi connectivity index (χ4v) is 2.00. The van der Waals surface area contributed by atoms with Crippen LogP contribution in [0.25, 0.3) is 0 Å². The summed E-state index contributed by atoms with van der Waals surface area (Å²) in [6.45, 7) is 2.20. The molecule has 0 saturated carbocycles. The van der Waals surface area contributed by atoms with Gasteiger partial charge in [-0.05, 0) is 6.42 Å². The quantitative estimate of drug-likeness (QED) is 0.653. The van der Waals surface area contributed by atoms with Crippen molar-refractivity contribution in [1.29, 1.82) is 0 Å². The van der Waals surface area contributed by atoms with Gasteiger partial charge in [0.25, 0.3) is 0 Å². The average molecular weight is 344 g/mol. The van der Waals surface area contributed by atoms with E-state index < -0.39 is 12.1 Å². The Morgan fingerprint density at radius 1 is 1.25 bits per heavy atom. The molecular weight excluding hydrogens is 330 g/mol. The number of halogens is 3. The Kier molecular flexibility index (Phi) is 6.45. The fraction of sp³-hybridized carbons (Fsp3) is 0.455. The van der Waals surface area contributed by atoms with Gasteiger partial charge in [0.05, 0.1) is 23.8 Å². The van der Waals surface area contributed by atoms with Crippen molar-refractivity contribution >= 4 is 46.9 Å². The summed E-state index contributed by atoms with van der Waals surface area (Å²) in [4.78, 5) is 23.2. The number of unbranched alkanes of at least 4 members (excludes halogenated alkanes) is 1. The van der Waals surface area contributed by atoms with E-state index in [1.165, 1.54) is 0 Å². The molecule has 20 heavy (non-hydrogen) atoms. The highest BCUT2D eigenvalue weighted by Crippen LogP contribution is 2.35. The summed E-state index contributed by atoms with van der Waals surface area (Å²) in [5, 5.41) is -0.301. The van der Waals surface area contributed by atoms with Crippen molar-refractivity contribution in [3.8, 4) is 0 Å². The van der Waals surface area contributed by atoms with E-state index in [2.05, 4.69) is 10.2 Å². The zero-order chi connectivity index (χ0) is 15.3. The van der Waals surface area contributed by atoms with E-state index in [-0.39, 0.29) is 27.5 Å². The van der Waals surface area contributed by atoms with Gasteiger partial charge in [-0.25, -0.2) is 19.7 Å². The molecule has 1 heterocycles. The largest absolute Gasteiger partial charge is 0.464 e. The first-order valence-corrected chi connectivity index (χ1v) is 6.84. The van der Waals surface area contributed by atoms with Crippen LogP contribution in [0.4, 0.5) is 4.79 Å². The number of methoxy groups -OCH3 is 1. The Morgan fingerprint density at radius 2 is 1.90 bits per heavy atom. The summed E-state index contributed by atoms with van der Waals surface area (Å²) in [5.74, 6) is -0.794. The maximum atomic E-state index is 11.6. The molecule has 1 amide bonds. The average Bonchev–Trinajstić information content (AvgIpc) is 2.63. The molecule has 0 unspecified atom stereocenters. The standard InChI is InChI=1S/C11H13Cl3N2O4/c1-3-4-5-20-11(18)15-16-8(10(17)19-2)6(12)7(13)9(16)14/h3-5H2,1-2H3,(H,15,18). The number of ether oxygens (including phenoxy) is 2. The van der Waals surface area contributed by atoms with Crippen molar-refractivity contribution in [3.05, 3.63) is 20.9 Å². The van der Waals surface area contributed by atoms with E-state index in [1.54, 1.807) is 0 Å². The number of esters is 1. The molecule has 0 aliphatic rings. The van der Waals surface area contributed by atoms with Crippen LogP contribution in [0.1, 0.15) is 30.3 Å². The number of rotatable bonds is 5. The van der Waals surface area contributed by atoms with Crippen LogP contribution in [0.5, 0.6) is 0 Å². The molecule has 0 spiro atoms. The fourth-order valence-electron chi connectivity index (χ4n) is 1.30. The van der Waals surface area contributed by atoms with Crippen LogP contribution in [-0.4, -0.2) is 30.5 Å². The van der Waals surface area contributed by atoms with Crippen LogP contribution < -0.4 is 5.43 Å². The molecule has 0 radical (unpaired) electrons. The zero-order valence-electron chi connectivity index (χ0n) is 10.8. The van der Waals surface area contributed by atoms with Gasteiger partial charge in [0.1, 0.15) is 5.15 Å². The van der Waals surface area contributed by atoms with Gasteiger partial charge >= 0.3 is 12.1 Å². The molecule has 1 aromatic rings. The van der Waals surface area contributed by atoms with E-state index in [0.29, 0.717) is 0 Å². The van der Waals surface area contributed by atoms with Crippen molar-refractivity contribution < 1.29 is 19.1 Å². The number of nitrogens with zero attached hydrogens (tertiary/aromatic N) is 1. The van der Waals surface area contributed by atoms with Gasteiger partial charge < -0.3 is 9.47 Å². The molecular formula is C11H13Cl3N2O4. The van der Waals surface area contributed by atoms with Crippen LogP contribution >= 0.6 is 34.8 Å². The molecule has 1 aromatic heterocycles. The van der Waals surface area contributed by atoms with E-state index in [1.807, 2.05) is 6.92 Å². The smallest absolute Gasteiger partial charge is 0.426 e. The van der Waals surface area contributed by atoms with Gasteiger partial charge in [-0.1, -0.05) is 48.1 Å². The van der Waals surface area contributed by atoms with Gasteiger partial charge in [-0.15, -0.1) is 0 Å². The molecule has 1 N–H and O–H groups in total. The molecule has 0 fully saturated rings. The van der Waals surface area contributed by atoms with Gasteiger partial charge in [0.2, 0.25) is 0 Å². The molecule has 0 aromatic carbocycles. The van der Waals surface area contributed by atoms with Crippen LogP contribution in [0.15, 0.2) is 0 Å². The Hall–Kier alpha value is -1.11. The predicted molar refractivity (Wildman–Crippen MR) is 76.4 cm³/mol. The minimum absolute atomic E-state index is 0.0670. The monoisotopic (exact) mass is 342 g/mol. The normalized spacial score (nSPS) is 10.2. The summed E-state index contributed by atoms with van der Waals surface area (Å²) in [7, 11) is 1.16. The third-order valence-corrected chi connectivity index (χ3v) is 3.60. The van der Waals surface area contributed by atoms with Gasteiger partial charge in [0, 0.05) is 0 Å². The minimum Gasteiger partial charge on any atom is -0.464 e. The topological polar surface area (TPSA) is 69.6 Å². The maximum Gasteiger partial charge on any atom is 0.426 e. The summed E-state index contributed by atoms with van der Waals surface area (Å²) >= 11 is 17.6. The lowest BCUT2D eigenvalue weighted by atomic mass is 10.4. The van der Waals surface area contributed by atoms with Crippen molar-refractivity contribution in [2.75, 3.05) is 19.1 Å². The molecule has 6 nitrogen and oxygen atoms in total. The second-order valence-electron chi connectivity index (χ2n) is 3.70. The second-order valence-corrected chi connectivity index (χ2v) is 4.81. The lowest BCUT2D eigenvalue weighted by Gasteiger charge is -2.11. The van der Waals surface area contributed by atoms with E-state index in [4.69, 9.17) is 39.5 Å². The van der Waals surface area contributed by atoms with Crippen molar-refractivity contribution in [2.24, 2.45) is 0 Å². The highest BCUT2D eigenvalue weighted by atomic mass is 35.5. The predicted octanol–water partition coefficient (Wildman–Crippen LogP) is 3.72. The summed E-state index contributed by atoms with van der Waals surface area (Å²) in [6, 6.07) is 0. The molecule has 9 heteroatoms. The summed E-state index contributed by atoms with van der Waals surface area (Å²) in [6.07, 6.45) is 0.815.